The third-order valence-electron chi connectivity index (χ3n) is 3.02. The van der Waals surface area contributed by atoms with Crippen molar-refractivity contribution in [2.45, 2.75) is 13.0 Å². The fraction of sp³-hybridized carbons (Fsp3) is 0.133. The summed E-state index contributed by atoms with van der Waals surface area (Å²) in [6.45, 7) is 1.49. The van der Waals surface area contributed by atoms with Gasteiger partial charge in [0.2, 0.25) is 0 Å². The molecule has 0 radical (unpaired) electrons. The molecule has 1 aromatic heterocycles. The number of para-hydroxylation sites is 2. The number of rotatable bonds is 3. The summed E-state index contributed by atoms with van der Waals surface area (Å²) < 4.78 is 11.2. The Morgan fingerprint density at radius 1 is 1.16 bits per heavy atom. The largest absolute Gasteiger partial charge is 0.479 e. The van der Waals surface area contributed by atoms with Gasteiger partial charge in [0.1, 0.15) is 5.58 Å². The van der Waals surface area contributed by atoms with Crippen LogP contribution in [0.1, 0.15) is 6.92 Å². The molecule has 3 aromatic rings. The van der Waals surface area contributed by atoms with Gasteiger partial charge in [0.15, 0.2) is 17.4 Å². The standard InChI is InChI=1S/C15H12O4/c1-9(15(16)17)18-13-8-4-6-11-10-5-2-3-7-12(10)19-14(11)13/h2-9H,1H3,(H,16,17). The van der Waals surface area contributed by atoms with Crippen LogP contribution in [0.25, 0.3) is 21.9 Å². The van der Waals surface area contributed by atoms with Gasteiger partial charge in [-0.25, -0.2) is 4.79 Å². The Kier molecular flexibility index (Phi) is 2.63. The smallest absolute Gasteiger partial charge is 0.344 e. The Morgan fingerprint density at radius 2 is 1.89 bits per heavy atom. The van der Waals surface area contributed by atoms with Crippen LogP contribution in [0.15, 0.2) is 46.9 Å². The van der Waals surface area contributed by atoms with E-state index in [2.05, 4.69) is 0 Å². The first kappa shape index (κ1) is 11.6. The van der Waals surface area contributed by atoms with E-state index in [0.717, 1.165) is 16.4 Å². The van der Waals surface area contributed by atoms with Gasteiger partial charge < -0.3 is 14.3 Å². The predicted molar refractivity (Wildman–Crippen MR) is 71.4 cm³/mol. The van der Waals surface area contributed by atoms with Crippen molar-refractivity contribution >= 4 is 27.9 Å². The van der Waals surface area contributed by atoms with Crippen LogP contribution in [0.4, 0.5) is 0 Å². The summed E-state index contributed by atoms with van der Waals surface area (Å²) >= 11 is 0. The average Bonchev–Trinajstić information content (AvgIpc) is 2.78. The molecule has 1 unspecified atom stereocenters. The molecule has 3 rings (SSSR count). The molecule has 0 aliphatic rings. The van der Waals surface area contributed by atoms with Gasteiger partial charge in [0, 0.05) is 10.8 Å². The van der Waals surface area contributed by atoms with Gasteiger partial charge in [-0.2, -0.15) is 0 Å². The number of ether oxygens (including phenoxy) is 1. The second-order valence-corrected chi connectivity index (χ2v) is 4.33. The zero-order chi connectivity index (χ0) is 13.4. The van der Waals surface area contributed by atoms with Crippen molar-refractivity contribution in [3.8, 4) is 5.75 Å². The molecule has 0 amide bonds. The number of carboxylic acid groups (broad SMARTS) is 1. The number of furan rings is 1. The SMILES string of the molecule is CC(Oc1cccc2c1oc1ccccc12)C(=O)O. The number of carboxylic acids is 1. The Hall–Kier alpha value is -2.49. The zero-order valence-electron chi connectivity index (χ0n) is 10.3. The van der Waals surface area contributed by atoms with Gasteiger partial charge >= 0.3 is 5.97 Å². The molecular weight excluding hydrogens is 244 g/mol. The Balaban J connectivity index is 2.18. The van der Waals surface area contributed by atoms with Gasteiger partial charge in [-0.3, -0.25) is 0 Å². The molecule has 96 valence electrons. The normalized spacial score (nSPS) is 12.7. The summed E-state index contributed by atoms with van der Waals surface area (Å²) in [5.41, 5.74) is 1.34. The van der Waals surface area contributed by atoms with Crippen molar-refractivity contribution in [1.29, 1.82) is 0 Å². The van der Waals surface area contributed by atoms with Gasteiger partial charge in [-0.05, 0) is 19.1 Å². The Morgan fingerprint density at radius 3 is 2.68 bits per heavy atom. The van der Waals surface area contributed by atoms with E-state index in [1.807, 2.05) is 36.4 Å². The molecule has 0 saturated heterocycles. The van der Waals surface area contributed by atoms with Crippen molar-refractivity contribution in [3.63, 3.8) is 0 Å². The molecule has 19 heavy (non-hydrogen) atoms. The monoisotopic (exact) mass is 256 g/mol. The van der Waals surface area contributed by atoms with E-state index in [1.165, 1.54) is 6.92 Å². The maximum absolute atomic E-state index is 10.9. The minimum Gasteiger partial charge on any atom is -0.479 e. The number of carbonyl (C=O) groups is 1. The lowest BCUT2D eigenvalue weighted by Gasteiger charge is -2.10. The molecule has 0 aliphatic carbocycles. The third-order valence-corrected chi connectivity index (χ3v) is 3.02. The van der Waals surface area contributed by atoms with Crippen molar-refractivity contribution in [2.24, 2.45) is 0 Å². The van der Waals surface area contributed by atoms with Crippen molar-refractivity contribution in [3.05, 3.63) is 42.5 Å². The maximum atomic E-state index is 10.9. The lowest BCUT2D eigenvalue weighted by molar-refractivity contribution is -0.144. The molecule has 0 spiro atoms. The summed E-state index contributed by atoms with van der Waals surface area (Å²) in [4.78, 5) is 10.9. The Labute approximate surface area is 109 Å². The minimum atomic E-state index is -1.01. The molecule has 1 atom stereocenters. The molecule has 0 fully saturated rings. The number of hydrogen-bond acceptors (Lipinski definition) is 3. The molecule has 0 saturated carbocycles. The van der Waals surface area contributed by atoms with Crippen molar-refractivity contribution in [1.82, 2.24) is 0 Å². The van der Waals surface area contributed by atoms with Crippen LogP contribution in [-0.2, 0) is 4.79 Å². The highest BCUT2D eigenvalue weighted by atomic mass is 16.5. The second kappa shape index (κ2) is 4.31. The summed E-state index contributed by atoms with van der Waals surface area (Å²) in [6.07, 6.45) is -0.918. The highest BCUT2D eigenvalue weighted by molar-refractivity contribution is 6.06. The van der Waals surface area contributed by atoms with Crippen molar-refractivity contribution in [2.75, 3.05) is 0 Å². The lowest BCUT2D eigenvalue weighted by atomic mass is 10.1. The molecule has 4 nitrogen and oxygen atoms in total. The first-order valence-electron chi connectivity index (χ1n) is 5.96. The van der Waals surface area contributed by atoms with Crippen LogP contribution in [0.5, 0.6) is 5.75 Å². The first-order valence-corrected chi connectivity index (χ1v) is 5.96. The van der Waals surface area contributed by atoms with E-state index in [4.69, 9.17) is 14.3 Å². The average molecular weight is 256 g/mol. The number of benzene rings is 2. The van der Waals surface area contributed by atoms with E-state index in [-0.39, 0.29) is 0 Å². The number of hydrogen-bond donors (Lipinski definition) is 1. The summed E-state index contributed by atoms with van der Waals surface area (Å²) in [5.74, 6) is -0.559. The van der Waals surface area contributed by atoms with Crippen LogP contribution in [0, 0.1) is 0 Å². The zero-order valence-corrected chi connectivity index (χ0v) is 10.3. The predicted octanol–water partition coefficient (Wildman–Crippen LogP) is 3.44. The van der Waals surface area contributed by atoms with Crippen LogP contribution >= 0.6 is 0 Å². The van der Waals surface area contributed by atoms with Gasteiger partial charge in [0.25, 0.3) is 0 Å². The third kappa shape index (κ3) is 1.91. The van der Waals surface area contributed by atoms with E-state index >= 15 is 0 Å². The molecule has 2 aromatic carbocycles. The van der Waals surface area contributed by atoms with Crippen LogP contribution in [0.3, 0.4) is 0 Å². The van der Waals surface area contributed by atoms with E-state index in [1.54, 1.807) is 6.07 Å². The molecule has 4 heteroatoms. The van der Waals surface area contributed by atoms with Crippen molar-refractivity contribution < 1.29 is 19.1 Å². The van der Waals surface area contributed by atoms with E-state index < -0.39 is 12.1 Å². The fourth-order valence-electron chi connectivity index (χ4n) is 2.05. The first-order chi connectivity index (χ1) is 9.16. The molecule has 1 N–H and O–H groups in total. The molecule has 0 bridgehead atoms. The quantitative estimate of drug-likeness (QED) is 0.779. The van der Waals surface area contributed by atoms with Gasteiger partial charge in [-0.1, -0.05) is 30.3 Å². The molecular formula is C15H12O4. The van der Waals surface area contributed by atoms with E-state index in [9.17, 15) is 4.79 Å². The van der Waals surface area contributed by atoms with Gasteiger partial charge in [0.05, 0.1) is 0 Å². The topological polar surface area (TPSA) is 59.7 Å². The van der Waals surface area contributed by atoms with Crippen LogP contribution in [-0.4, -0.2) is 17.2 Å². The number of fused-ring (bicyclic) bond motifs is 3. The molecule has 1 heterocycles. The highest BCUT2D eigenvalue weighted by Crippen LogP contribution is 2.34. The van der Waals surface area contributed by atoms with Gasteiger partial charge in [-0.15, -0.1) is 0 Å². The summed E-state index contributed by atoms with van der Waals surface area (Å²) in [6, 6.07) is 13.1. The maximum Gasteiger partial charge on any atom is 0.344 e. The van der Waals surface area contributed by atoms with Crippen LogP contribution in [0.2, 0.25) is 0 Å². The molecule has 0 aliphatic heterocycles. The lowest BCUT2D eigenvalue weighted by Crippen LogP contribution is -2.22. The van der Waals surface area contributed by atoms with Crippen LogP contribution < -0.4 is 4.74 Å². The number of aliphatic carboxylic acids is 1. The highest BCUT2D eigenvalue weighted by Gasteiger charge is 2.16. The summed E-state index contributed by atoms with van der Waals surface area (Å²) in [5, 5.41) is 10.8. The van der Waals surface area contributed by atoms with E-state index in [0.29, 0.717) is 11.3 Å². The second-order valence-electron chi connectivity index (χ2n) is 4.33. The Bertz CT molecular complexity index is 757. The summed E-state index contributed by atoms with van der Waals surface area (Å²) in [7, 11) is 0. The minimum absolute atomic E-state index is 0.448. The fourth-order valence-corrected chi connectivity index (χ4v) is 2.05.